The van der Waals surface area contributed by atoms with E-state index in [0.717, 1.165) is 35.4 Å². The number of benzene rings is 1. The highest BCUT2D eigenvalue weighted by atomic mass is 35.5. The molecule has 0 bridgehead atoms. The summed E-state index contributed by atoms with van der Waals surface area (Å²) in [5.41, 5.74) is 7.18. The van der Waals surface area contributed by atoms with Crippen molar-refractivity contribution in [1.29, 1.82) is 0 Å². The molecule has 1 fully saturated rings. The number of nitrogens with two attached hydrogens (primary N) is 1. The van der Waals surface area contributed by atoms with Crippen LogP contribution in [-0.4, -0.2) is 29.0 Å². The molecule has 2 aromatic heterocycles. The molecule has 0 saturated carbocycles. The van der Waals surface area contributed by atoms with Crippen LogP contribution in [0, 0.1) is 5.92 Å². The fourth-order valence-electron chi connectivity index (χ4n) is 3.26. The third-order valence-corrected chi connectivity index (χ3v) is 5.37. The van der Waals surface area contributed by atoms with E-state index in [9.17, 15) is 4.79 Å². The first-order valence-electron chi connectivity index (χ1n) is 8.31. The summed E-state index contributed by atoms with van der Waals surface area (Å²) in [5.74, 6) is 0.846. The average molecular weight is 390 g/mol. The van der Waals surface area contributed by atoms with Crippen LogP contribution in [0.2, 0.25) is 0 Å². The first kappa shape index (κ1) is 18.4. The number of nitrogens with one attached hydrogen (secondary N) is 1. The van der Waals surface area contributed by atoms with Crippen molar-refractivity contribution in [2.45, 2.75) is 12.8 Å². The number of amides is 1. The van der Waals surface area contributed by atoms with E-state index in [1.165, 1.54) is 0 Å². The quantitative estimate of drug-likeness (QED) is 0.669. The lowest BCUT2D eigenvalue weighted by atomic mass is 9.96. The van der Waals surface area contributed by atoms with Crippen LogP contribution in [0.15, 0.2) is 42.0 Å². The van der Waals surface area contributed by atoms with Gasteiger partial charge in [-0.25, -0.2) is 9.97 Å². The Labute approximate surface area is 161 Å². The molecule has 26 heavy (non-hydrogen) atoms. The molecule has 6 nitrogen and oxygen atoms in total. The topological polar surface area (TPSA) is 84.1 Å². The molecule has 1 saturated heterocycles. The summed E-state index contributed by atoms with van der Waals surface area (Å²) >= 11 is 1.61. The largest absolute Gasteiger partial charge is 0.397 e. The first-order valence-corrected chi connectivity index (χ1v) is 9.19. The third kappa shape index (κ3) is 3.59. The lowest BCUT2D eigenvalue weighted by molar-refractivity contribution is -0.120. The van der Waals surface area contributed by atoms with Crippen molar-refractivity contribution in [2.75, 3.05) is 29.0 Å². The van der Waals surface area contributed by atoms with Crippen LogP contribution < -0.4 is 16.0 Å². The Kier molecular flexibility index (Phi) is 5.58. The van der Waals surface area contributed by atoms with Gasteiger partial charge in [0.25, 0.3) is 0 Å². The normalized spacial score (nSPS) is 16.9. The number of nitrogen functional groups attached to an aromatic ring is 1. The molecule has 3 N–H and O–H groups in total. The van der Waals surface area contributed by atoms with Gasteiger partial charge in [0.2, 0.25) is 5.91 Å². The number of halogens is 1. The third-order valence-electron chi connectivity index (χ3n) is 4.55. The fourth-order valence-corrected chi connectivity index (χ4v) is 3.99. The maximum absolute atomic E-state index is 12.7. The monoisotopic (exact) mass is 389 g/mol. The van der Waals surface area contributed by atoms with E-state index in [1.54, 1.807) is 23.7 Å². The zero-order chi connectivity index (χ0) is 17.2. The van der Waals surface area contributed by atoms with Gasteiger partial charge < -0.3 is 16.0 Å². The highest BCUT2D eigenvalue weighted by Gasteiger charge is 2.27. The number of thiophene rings is 1. The van der Waals surface area contributed by atoms with E-state index in [0.29, 0.717) is 17.9 Å². The zero-order valence-electron chi connectivity index (χ0n) is 14.1. The van der Waals surface area contributed by atoms with Gasteiger partial charge in [0.15, 0.2) is 0 Å². The van der Waals surface area contributed by atoms with Crippen molar-refractivity contribution in [3.05, 3.63) is 42.0 Å². The van der Waals surface area contributed by atoms with Gasteiger partial charge in [-0.3, -0.25) is 4.79 Å². The number of fused-ring (bicyclic) bond motifs is 1. The zero-order valence-corrected chi connectivity index (χ0v) is 15.7. The summed E-state index contributed by atoms with van der Waals surface area (Å²) in [7, 11) is 0. The minimum atomic E-state index is -0.0861. The molecule has 0 aliphatic carbocycles. The Morgan fingerprint density at radius 1 is 1.27 bits per heavy atom. The van der Waals surface area contributed by atoms with Crippen molar-refractivity contribution in [3.8, 4) is 0 Å². The molecule has 0 spiro atoms. The first-order chi connectivity index (χ1) is 12.2. The van der Waals surface area contributed by atoms with Crippen molar-refractivity contribution in [3.63, 3.8) is 0 Å². The highest BCUT2D eigenvalue weighted by molar-refractivity contribution is 7.16. The summed E-state index contributed by atoms with van der Waals surface area (Å²) in [4.78, 5) is 24.6. The van der Waals surface area contributed by atoms with Crippen molar-refractivity contribution in [1.82, 2.24) is 9.97 Å². The predicted octanol–water partition coefficient (Wildman–Crippen LogP) is 3.55. The molecule has 136 valence electrons. The van der Waals surface area contributed by atoms with Crippen LogP contribution in [-0.2, 0) is 4.79 Å². The maximum atomic E-state index is 12.7. The van der Waals surface area contributed by atoms with Gasteiger partial charge in [-0.2, -0.15) is 0 Å². The van der Waals surface area contributed by atoms with Crippen LogP contribution in [0.5, 0.6) is 0 Å². The molecule has 1 aliphatic heterocycles. The Morgan fingerprint density at radius 3 is 2.96 bits per heavy atom. The van der Waals surface area contributed by atoms with Gasteiger partial charge >= 0.3 is 0 Å². The minimum absolute atomic E-state index is 0. The summed E-state index contributed by atoms with van der Waals surface area (Å²) in [6, 6.07) is 9.38. The van der Waals surface area contributed by atoms with E-state index in [2.05, 4.69) is 20.2 Å². The average Bonchev–Trinajstić information content (AvgIpc) is 3.12. The fraction of sp³-hybridized carbons (Fsp3) is 0.278. The van der Waals surface area contributed by atoms with Gasteiger partial charge in [0, 0.05) is 13.1 Å². The van der Waals surface area contributed by atoms with E-state index >= 15 is 0 Å². The second-order valence-electron chi connectivity index (χ2n) is 6.20. The van der Waals surface area contributed by atoms with Crippen LogP contribution in [0.3, 0.4) is 0 Å². The molecule has 1 aliphatic rings. The Hall–Kier alpha value is -2.38. The molecule has 1 unspecified atom stereocenters. The molecule has 1 atom stereocenters. The molecule has 3 heterocycles. The minimum Gasteiger partial charge on any atom is -0.397 e. The number of carbonyl (C=O) groups is 1. The molecule has 4 rings (SSSR count). The number of para-hydroxylation sites is 2. The number of hydrogen-bond donors (Lipinski definition) is 2. The molecule has 8 heteroatoms. The second kappa shape index (κ2) is 7.88. The van der Waals surface area contributed by atoms with Gasteiger partial charge in [-0.1, -0.05) is 12.1 Å². The molecular weight excluding hydrogens is 370 g/mol. The smallest absolute Gasteiger partial charge is 0.229 e. The number of nitrogens with zero attached hydrogens (tertiary/aromatic N) is 3. The van der Waals surface area contributed by atoms with Crippen molar-refractivity contribution < 1.29 is 4.79 Å². The van der Waals surface area contributed by atoms with E-state index in [-0.39, 0.29) is 24.2 Å². The van der Waals surface area contributed by atoms with Crippen LogP contribution >= 0.6 is 23.7 Å². The summed E-state index contributed by atoms with van der Waals surface area (Å²) in [5, 5.41) is 6.04. The molecular formula is C18H20ClN5OS. The predicted molar refractivity (Wildman–Crippen MR) is 109 cm³/mol. The molecule has 0 radical (unpaired) electrons. The number of piperidine rings is 1. The summed E-state index contributed by atoms with van der Waals surface area (Å²) < 4.78 is 0. The standard InChI is InChI=1S/C18H19N5OS.ClH/c19-14-5-1-2-6-15(14)22-17(24)12-4-3-8-23(10-12)16-13-7-9-25-18(13)21-11-20-16;/h1-2,5-7,9,11-12H,3-4,8,10,19H2,(H,22,24);1H. The van der Waals surface area contributed by atoms with E-state index < -0.39 is 0 Å². The van der Waals surface area contributed by atoms with Gasteiger partial charge in [0.1, 0.15) is 17.0 Å². The lowest BCUT2D eigenvalue weighted by Gasteiger charge is -2.33. The summed E-state index contributed by atoms with van der Waals surface area (Å²) in [6.45, 7) is 1.56. The van der Waals surface area contributed by atoms with E-state index in [1.807, 2.05) is 29.6 Å². The van der Waals surface area contributed by atoms with Crippen molar-refractivity contribution >= 4 is 57.1 Å². The molecule has 3 aromatic rings. The number of rotatable bonds is 3. The number of aromatic nitrogens is 2. The Morgan fingerprint density at radius 2 is 2.12 bits per heavy atom. The van der Waals surface area contributed by atoms with Gasteiger partial charge in [-0.05, 0) is 36.4 Å². The number of anilines is 3. The number of hydrogen-bond acceptors (Lipinski definition) is 6. The molecule has 1 amide bonds. The lowest BCUT2D eigenvalue weighted by Crippen LogP contribution is -2.41. The Bertz CT molecular complexity index is 915. The van der Waals surface area contributed by atoms with Gasteiger partial charge in [0.05, 0.1) is 22.7 Å². The van der Waals surface area contributed by atoms with Crippen LogP contribution in [0.4, 0.5) is 17.2 Å². The van der Waals surface area contributed by atoms with Crippen molar-refractivity contribution in [2.24, 2.45) is 5.92 Å². The van der Waals surface area contributed by atoms with Crippen LogP contribution in [0.1, 0.15) is 12.8 Å². The maximum Gasteiger partial charge on any atom is 0.229 e. The number of carbonyl (C=O) groups excluding carboxylic acids is 1. The Balaban J connectivity index is 0.00000196. The second-order valence-corrected chi connectivity index (χ2v) is 7.09. The van der Waals surface area contributed by atoms with Crippen LogP contribution in [0.25, 0.3) is 10.2 Å². The highest BCUT2D eigenvalue weighted by Crippen LogP contribution is 2.30. The molecule has 1 aromatic carbocycles. The van der Waals surface area contributed by atoms with E-state index in [4.69, 9.17) is 5.73 Å². The van der Waals surface area contributed by atoms with Gasteiger partial charge in [-0.15, -0.1) is 23.7 Å². The SMILES string of the molecule is Cl.Nc1ccccc1NC(=O)C1CCCN(c2ncnc3sccc23)C1. The summed E-state index contributed by atoms with van der Waals surface area (Å²) in [6.07, 6.45) is 3.42.